The van der Waals surface area contributed by atoms with Crippen LogP contribution in [-0.4, -0.2) is 31.2 Å². The number of nitrogens with one attached hydrogen (secondary N) is 1. The topological polar surface area (TPSA) is 115 Å². The molecular weight excluding hydrogens is 618 g/mol. The largest absolute Gasteiger partial charge is 0.573 e. The Hall–Kier alpha value is -3.45. The monoisotopic (exact) mass is 639 g/mol. The van der Waals surface area contributed by atoms with Crippen LogP contribution in [0.25, 0.3) is 11.5 Å². The summed E-state index contributed by atoms with van der Waals surface area (Å²) >= 11 is 11.3. The van der Waals surface area contributed by atoms with Crippen molar-refractivity contribution in [2.24, 2.45) is 0 Å². The number of anilines is 1. The second kappa shape index (κ2) is 11.7. The van der Waals surface area contributed by atoms with Gasteiger partial charge in [0, 0.05) is 26.9 Å². The van der Waals surface area contributed by atoms with Crippen LogP contribution in [0.1, 0.15) is 47.5 Å². The Labute approximate surface area is 250 Å². The van der Waals surface area contributed by atoms with Gasteiger partial charge in [-0.1, -0.05) is 52.6 Å². The zero-order valence-electron chi connectivity index (χ0n) is 21.7. The van der Waals surface area contributed by atoms with E-state index in [1.807, 2.05) is 0 Å². The Kier molecular flexibility index (Phi) is 8.35. The highest BCUT2D eigenvalue weighted by atomic mass is 35.5. The molecule has 0 aliphatic heterocycles. The normalized spacial score (nSPS) is 15.6. The van der Waals surface area contributed by atoms with E-state index in [0.29, 0.717) is 56.7 Å². The van der Waals surface area contributed by atoms with Crippen LogP contribution < -0.4 is 10.1 Å². The summed E-state index contributed by atoms with van der Waals surface area (Å²) in [5.74, 6) is -0.244. The molecule has 2 atom stereocenters. The smallest absolute Gasteiger partial charge is 0.406 e. The number of halogens is 5. The van der Waals surface area contributed by atoms with Gasteiger partial charge in [0.2, 0.25) is 5.91 Å². The molecule has 220 valence electrons. The molecule has 1 aromatic heterocycles. The van der Waals surface area contributed by atoms with Crippen molar-refractivity contribution in [3.05, 3.63) is 93.2 Å². The molecule has 5 rings (SSSR count). The second-order valence-electron chi connectivity index (χ2n) is 9.78. The minimum absolute atomic E-state index is 0.0623. The molecular formula is C28H22Cl2F3N3O5S. The summed E-state index contributed by atoms with van der Waals surface area (Å²) in [7, 11) is 0. The van der Waals surface area contributed by atoms with Crippen molar-refractivity contribution in [2.75, 3.05) is 5.32 Å². The molecule has 0 bridgehead atoms. The van der Waals surface area contributed by atoms with Crippen molar-refractivity contribution < 1.29 is 36.0 Å². The summed E-state index contributed by atoms with van der Waals surface area (Å²) in [6.45, 7) is 1.64. The number of amides is 1. The van der Waals surface area contributed by atoms with Crippen LogP contribution in [0.4, 0.5) is 18.9 Å². The van der Waals surface area contributed by atoms with E-state index >= 15 is 0 Å². The molecule has 2 N–H and O–H groups in total. The number of hydrogen-bond acceptors (Lipinski definition) is 6. The maximum Gasteiger partial charge on any atom is 0.573 e. The molecule has 1 amide bonds. The summed E-state index contributed by atoms with van der Waals surface area (Å²) in [6, 6.07) is 15.1. The van der Waals surface area contributed by atoms with Gasteiger partial charge in [-0.2, -0.15) is 4.98 Å². The van der Waals surface area contributed by atoms with Crippen LogP contribution >= 0.6 is 23.2 Å². The predicted octanol–water partition coefficient (Wildman–Crippen LogP) is 7.49. The van der Waals surface area contributed by atoms with E-state index in [0.717, 1.165) is 12.1 Å². The first-order chi connectivity index (χ1) is 19.8. The van der Waals surface area contributed by atoms with Gasteiger partial charge in [-0.05, 0) is 67.3 Å². The van der Waals surface area contributed by atoms with Gasteiger partial charge in [0.25, 0.3) is 5.89 Å². The van der Waals surface area contributed by atoms with Gasteiger partial charge in [0.15, 0.2) is 16.9 Å². The van der Waals surface area contributed by atoms with Crippen LogP contribution in [0.15, 0.2) is 65.2 Å². The summed E-state index contributed by atoms with van der Waals surface area (Å²) in [4.78, 5) is 17.2. The molecule has 1 fully saturated rings. The fourth-order valence-corrected chi connectivity index (χ4v) is 5.80. The number of aromatic nitrogens is 2. The van der Waals surface area contributed by atoms with Gasteiger partial charge in [-0.3, -0.25) is 4.79 Å². The summed E-state index contributed by atoms with van der Waals surface area (Å²) in [5.41, 5.74) is 2.07. The lowest BCUT2D eigenvalue weighted by molar-refractivity contribution is -0.274. The van der Waals surface area contributed by atoms with Crippen molar-refractivity contribution >= 4 is 45.9 Å². The molecule has 8 nitrogen and oxygen atoms in total. The van der Waals surface area contributed by atoms with Crippen molar-refractivity contribution in [1.82, 2.24) is 10.1 Å². The highest BCUT2D eigenvalue weighted by molar-refractivity contribution is 7.79. The van der Waals surface area contributed by atoms with Crippen LogP contribution in [0.5, 0.6) is 5.75 Å². The third kappa shape index (κ3) is 6.62. The SMILES string of the molecule is CC(c1ccc(CC(=O)Nc2cc(Cl)c(C3(c4noc(-c5ccc(OC(F)(F)F)cc5)n4)CC3)c(Cl)c2)cc1)S(=O)O. The number of benzene rings is 3. The second-order valence-corrected chi connectivity index (χ2v) is 11.9. The standard InChI is InChI=1S/C28H22Cl2F3N3O5S/c1-15(42(38)39)17-4-2-16(3-5-17)12-23(37)34-19-13-21(29)24(22(30)14-19)27(10-11-27)26-35-25(41-36-26)18-6-8-20(9-7-18)40-28(31,32)33/h2-9,13-15H,10-12H2,1H3,(H,34,37)(H,38,39). The molecule has 3 aromatic carbocycles. The molecule has 1 aliphatic rings. The Balaban J connectivity index is 1.29. The van der Waals surface area contributed by atoms with Crippen molar-refractivity contribution in [3.8, 4) is 17.2 Å². The minimum Gasteiger partial charge on any atom is -0.406 e. The predicted molar refractivity (Wildman–Crippen MR) is 151 cm³/mol. The van der Waals surface area contributed by atoms with E-state index in [9.17, 15) is 26.7 Å². The first-order valence-electron chi connectivity index (χ1n) is 12.5. The molecule has 1 saturated carbocycles. The summed E-state index contributed by atoms with van der Waals surface area (Å²) < 4.78 is 67.2. The Morgan fingerprint density at radius 2 is 1.74 bits per heavy atom. The number of alkyl halides is 3. The van der Waals surface area contributed by atoms with Gasteiger partial charge in [-0.15, -0.1) is 13.2 Å². The fourth-order valence-electron chi connectivity index (χ4n) is 4.56. The molecule has 0 radical (unpaired) electrons. The lowest BCUT2D eigenvalue weighted by Gasteiger charge is -2.17. The zero-order chi connectivity index (χ0) is 30.2. The molecule has 0 spiro atoms. The van der Waals surface area contributed by atoms with E-state index in [-0.39, 0.29) is 24.0 Å². The van der Waals surface area contributed by atoms with Crippen molar-refractivity contribution in [1.29, 1.82) is 0 Å². The van der Waals surface area contributed by atoms with E-state index in [2.05, 4.69) is 20.2 Å². The van der Waals surface area contributed by atoms with Gasteiger partial charge < -0.3 is 19.1 Å². The summed E-state index contributed by atoms with van der Waals surface area (Å²) in [5, 5.41) is 6.93. The Morgan fingerprint density at radius 1 is 1.12 bits per heavy atom. The number of rotatable bonds is 9. The highest BCUT2D eigenvalue weighted by Gasteiger charge is 2.52. The lowest BCUT2D eigenvalue weighted by Crippen LogP contribution is -2.16. The number of hydrogen-bond donors (Lipinski definition) is 2. The quantitative estimate of drug-likeness (QED) is 0.182. The lowest BCUT2D eigenvalue weighted by atomic mass is 9.94. The molecule has 42 heavy (non-hydrogen) atoms. The third-order valence-corrected chi connectivity index (χ3v) is 8.33. The third-order valence-electron chi connectivity index (χ3n) is 6.86. The summed E-state index contributed by atoms with van der Waals surface area (Å²) in [6.07, 6.45) is -3.47. The minimum atomic E-state index is -4.80. The van der Waals surface area contributed by atoms with E-state index in [4.69, 9.17) is 27.7 Å². The van der Waals surface area contributed by atoms with Gasteiger partial charge in [0.1, 0.15) is 5.75 Å². The maximum atomic E-state index is 12.7. The average Bonchev–Trinajstić information content (AvgIpc) is 3.54. The van der Waals surface area contributed by atoms with Gasteiger partial charge in [0.05, 0.1) is 17.1 Å². The van der Waals surface area contributed by atoms with Crippen LogP contribution in [0, 0.1) is 0 Å². The van der Waals surface area contributed by atoms with Crippen LogP contribution in [0.2, 0.25) is 10.0 Å². The first-order valence-corrected chi connectivity index (χ1v) is 14.5. The van der Waals surface area contributed by atoms with Gasteiger partial charge >= 0.3 is 6.36 Å². The van der Waals surface area contributed by atoms with Crippen molar-refractivity contribution in [2.45, 2.75) is 43.2 Å². The number of ether oxygens (including phenoxy) is 1. The molecule has 1 heterocycles. The zero-order valence-corrected chi connectivity index (χ0v) is 24.1. The van der Waals surface area contributed by atoms with Crippen molar-refractivity contribution in [3.63, 3.8) is 0 Å². The Morgan fingerprint density at radius 3 is 2.29 bits per heavy atom. The van der Waals surface area contributed by atoms with Gasteiger partial charge in [-0.25, -0.2) is 4.21 Å². The molecule has 4 aromatic rings. The molecule has 1 aliphatic carbocycles. The van der Waals surface area contributed by atoms with E-state index < -0.39 is 28.1 Å². The molecule has 2 unspecified atom stereocenters. The fraction of sp³-hybridized carbons (Fsp3) is 0.250. The molecule has 0 saturated heterocycles. The average molecular weight is 640 g/mol. The van der Waals surface area contributed by atoms with E-state index in [1.54, 1.807) is 43.3 Å². The van der Waals surface area contributed by atoms with Crippen LogP contribution in [-0.2, 0) is 27.7 Å². The first kappa shape index (κ1) is 30.0. The number of carbonyl (C=O) groups is 1. The number of carbonyl (C=O) groups excluding carboxylic acids is 1. The molecule has 14 heteroatoms. The number of nitrogens with zero attached hydrogens (tertiary/aromatic N) is 2. The van der Waals surface area contributed by atoms with Crippen LogP contribution in [0.3, 0.4) is 0 Å². The maximum absolute atomic E-state index is 12.7. The highest BCUT2D eigenvalue weighted by Crippen LogP contribution is 2.57. The Bertz CT molecular complexity index is 1620. The van der Waals surface area contributed by atoms with E-state index in [1.165, 1.54) is 12.1 Å².